The molecule has 0 aliphatic rings. The first-order valence-corrected chi connectivity index (χ1v) is 6.30. The minimum absolute atomic E-state index is 0.526. The van der Waals surface area contributed by atoms with Crippen LogP contribution in [-0.4, -0.2) is 13.1 Å². The summed E-state index contributed by atoms with van der Waals surface area (Å²) in [5.74, 6) is 6.08. The molecule has 0 spiro atoms. The van der Waals surface area contributed by atoms with Gasteiger partial charge in [-0.05, 0) is 57.4 Å². The smallest absolute Gasteiger partial charge is 0.0113 e. The minimum Gasteiger partial charge on any atom is -0.317 e. The van der Waals surface area contributed by atoms with Crippen LogP contribution in [0.15, 0.2) is 18.2 Å². The van der Waals surface area contributed by atoms with Crippen molar-refractivity contribution in [3.05, 3.63) is 34.9 Å². The molecular formula is C16H23N. The van der Waals surface area contributed by atoms with Gasteiger partial charge in [0, 0.05) is 12.5 Å². The van der Waals surface area contributed by atoms with Crippen LogP contribution >= 0.6 is 0 Å². The highest BCUT2D eigenvalue weighted by molar-refractivity contribution is 5.30. The first-order chi connectivity index (χ1) is 8.17. The number of likely N-dealkylation sites (N-methyl/N-ethyl adjacent to an activating group) is 1. The van der Waals surface area contributed by atoms with Gasteiger partial charge in [-0.15, -0.1) is 11.8 Å². The van der Waals surface area contributed by atoms with Crippen LogP contribution < -0.4 is 5.32 Å². The quantitative estimate of drug-likeness (QED) is 0.764. The van der Waals surface area contributed by atoms with E-state index in [9.17, 15) is 0 Å². The van der Waals surface area contributed by atoms with Crippen LogP contribution in [0.5, 0.6) is 0 Å². The Hall–Kier alpha value is -1.26. The lowest BCUT2D eigenvalue weighted by atomic mass is 9.98. The maximum Gasteiger partial charge on any atom is 0.0113 e. The van der Waals surface area contributed by atoms with Crippen LogP contribution in [0.4, 0.5) is 0 Å². The van der Waals surface area contributed by atoms with Gasteiger partial charge >= 0.3 is 0 Å². The number of aryl methyl sites for hydroxylation is 2. The number of hydrogen-bond donors (Lipinski definition) is 1. The summed E-state index contributed by atoms with van der Waals surface area (Å²) in [6.07, 6.45) is 3.18. The maximum atomic E-state index is 3.38. The van der Waals surface area contributed by atoms with Crippen molar-refractivity contribution in [3.63, 3.8) is 0 Å². The molecule has 1 heteroatoms. The second-order valence-corrected chi connectivity index (χ2v) is 4.57. The molecule has 0 saturated heterocycles. The van der Waals surface area contributed by atoms with Crippen molar-refractivity contribution < 1.29 is 0 Å². The van der Waals surface area contributed by atoms with Crippen LogP contribution in [0.1, 0.15) is 36.5 Å². The molecule has 92 valence electrons. The Bertz CT molecular complexity index is 409. The number of rotatable bonds is 5. The minimum atomic E-state index is 0.526. The van der Waals surface area contributed by atoms with Crippen molar-refractivity contribution in [3.8, 4) is 11.8 Å². The maximum absolute atomic E-state index is 3.38. The van der Waals surface area contributed by atoms with E-state index in [2.05, 4.69) is 49.2 Å². The molecule has 1 atom stereocenters. The van der Waals surface area contributed by atoms with E-state index in [1.165, 1.54) is 16.7 Å². The molecule has 1 nitrogen and oxygen atoms in total. The molecule has 1 N–H and O–H groups in total. The molecule has 0 aromatic heterocycles. The lowest BCUT2D eigenvalue weighted by Crippen LogP contribution is -2.27. The first-order valence-electron chi connectivity index (χ1n) is 6.30. The van der Waals surface area contributed by atoms with E-state index in [1.54, 1.807) is 0 Å². The first kappa shape index (κ1) is 13.8. The second kappa shape index (κ2) is 7.14. The van der Waals surface area contributed by atoms with Gasteiger partial charge in [0.1, 0.15) is 0 Å². The standard InChI is InChI=1S/C16H23N/c1-5-6-7-8-16(17-4)12-15-10-9-13(2)14(3)11-15/h9-11,16-17H,7-8,12H2,1-4H3. The highest BCUT2D eigenvalue weighted by Gasteiger charge is 2.06. The fourth-order valence-corrected chi connectivity index (χ4v) is 1.93. The molecule has 1 aromatic rings. The molecule has 1 unspecified atom stereocenters. The third kappa shape index (κ3) is 4.63. The lowest BCUT2D eigenvalue weighted by molar-refractivity contribution is 0.527. The van der Waals surface area contributed by atoms with E-state index in [4.69, 9.17) is 0 Å². The molecule has 0 bridgehead atoms. The summed E-state index contributed by atoms with van der Waals surface area (Å²) in [6.45, 7) is 6.24. The molecular weight excluding hydrogens is 206 g/mol. The third-order valence-corrected chi connectivity index (χ3v) is 3.26. The molecule has 1 rings (SSSR count). The average molecular weight is 229 g/mol. The van der Waals surface area contributed by atoms with Gasteiger partial charge in [-0.1, -0.05) is 18.2 Å². The van der Waals surface area contributed by atoms with Gasteiger partial charge in [0.25, 0.3) is 0 Å². The summed E-state index contributed by atoms with van der Waals surface area (Å²) < 4.78 is 0. The molecule has 0 aliphatic carbocycles. The van der Waals surface area contributed by atoms with Gasteiger partial charge in [0.2, 0.25) is 0 Å². The Morgan fingerprint density at radius 1 is 1.24 bits per heavy atom. The van der Waals surface area contributed by atoms with E-state index >= 15 is 0 Å². The molecule has 0 fully saturated rings. The van der Waals surface area contributed by atoms with E-state index < -0.39 is 0 Å². The summed E-state index contributed by atoms with van der Waals surface area (Å²) in [7, 11) is 2.03. The van der Waals surface area contributed by atoms with Crippen molar-refractivity contribution in [1.29, 1.82) is 0 Å². The van der Waals surface area contributed by atoms with Crippen molar-refractivity contribution in [1.82, 2.24) is 5.32 Å². The zero-order valence-electron chi connectivity index (χ0n) is 11.4. The summed E-state index contributed by atoms with van der Waals surface area (Å²) in [4.78, 5) is 0. The van der Waals surface area contributed by atoms with E-state index in [0.717, 1.165) is 19.3 Å². The summed E-state index contributed by atoms with van der Waals surface area (Å²) >= 11 is 0. The third-order valence-electron chi connectivity index (χ3n) is 3.26. The van der Waals surface area contributed by atoms with Crippen molar-refractivity contribution in [2.24, 2.45) is 0 Å². The monoisotopic (exact) mass is 229 g/mol. The van der Waals surface area contributed by atoms with Gasteiger partial charge in [-0.25, -0.2) is 0 Å². The van der Waals surface area contributed by atoms with Crippen LogP contribution in [0.25, 0.3) is 0 Å². The normalized spacial score (nSPS) is 11.8. The fraction of sp³-hybridized carbons (Fsp3) is 0.500. The van der Waals surface area contributed by atoms with Gasteiger partial charge in [-0.2, -0.15) is 0 Å². The fourth-order valence-electron chi connectivity index (χ4n) is 1.93. The van der Waals surface area contributed by atoms with Crippen molar-refractivity contribution in [2.75, 3.05) is 7.05 Å². The van der Waals surface area contributed by atoms with Gasteiger partial charge < -0.3 is 5.32 Å². The summed E-state index contributed by atoms with van der Waals surface area (Å²) in [6, 6.07) is 7.27. The number of benzene rings is 1. The molecule has 0 amide bonds. The number of hydrogen-bond acceptors (Lipinski definition) is 1. The summed E-state index contributed by atoms with van der Waals surface area (Å²) in [5, 5.41) is 3.38. The zero-order chi connectivity index (χ0) is 12.7. The van der Waals surface area contributed by atoms with Gasteiger partial charge in [-0.3, -0.25) is 0 Å². The number of nitrogens with one attached hydrogen (secondary N) is 1. The van der Waals surface area contributed by atoms with Gasteiger partial charge in [0.05, 0.1) is 0 Å². The van der Waals surface area contributed by atoms with Crippen molar-refractivity contribution >= 4 is 0 Å². The lowest BCUT2D eigenvalue weighted by Gasteiger charge is -2.15. The van der Waals surface area contributed by atoms with Gasteiger partial charge in [0.15, 0.2) is 0 Å². The Morgan fingerprint density at radius 2 is 2.00 bits per heavy atom. The zero-order valence-corrected chi connectivity index (χ0v) is 11.4. The van der Waals surface area contributed by atoms with Crippen LogP contribution in [-0.2, 0) is 6.42 Å². The highest BCUT2D eigenvalue weighted by Crippen LogP contribution is 2.13. The Kier molecular flexibility index (Phi) is 5.80. The Labute approximate surface area is 106 Å². The molecule has 0 aliphatic heterocycles. The predicted octanol–water partition coefficient (Wildman–Crippen LogP) is 3.24. The van der Waals surface area contributed by atoms with Crippen LogP contribution in [0, 0.1) is 25.7 Å². The molecule has 1 aromatic carbocycles. The Morgan fingerprint density at radius 3 is 2.59 bits per heavy atom. The Balaban J connectivity index is 2.59. The molecule has 0 radical (unpaired) electrons. The SMILES string of the molecule is CC#CCCC(Cc1ccc(C)c(C)c1)NC. The molecule has 0 saturated carbocycles. The largest absolute Gasteiger partial charge is 0.317 e. The second-order valence-electron chi connectivity index (χ2n) is 4.57. The summed E-state index contributed by atoms with van der Waals surface area (Å²) in [5.41, 5.74) is 4.16. The van der Waals surface area contributed by atoms with Crippen LogP contribution in [0.3, 0.4) is 0 Å². The predicted molar refractivity (Wildman–Crippen MR) is 75.2 cm³/mol. The molecule has 17 heavy (non-hydrogen) atoms. The van der Waals surface area contributed by atoms with Crippen molar-refractivity contribution in [2.45, 2.75) is 46.1 Å². The topological polar surface area (TPSA) is 12.0 Å². The average Bonchev–Trinajstić information content (AvgIpc) is 2.32. The van der Waals surface area contributed by atoms with Crippen LogP contribution in [0.2, 0.25) is 0 Å². The molecule has 0 heterocycles. The van der Waals surface area contributed by atoms with E-state index in [1.807, 2.05) is 14.0 Å². The van der Waals surface area contributed by atoms with E-state index in [0.29, 0.717) is 6.04 Å². The van der Waals surface area contributed by atoms with E-state index in [-0.39, 0.29) is 0 Å². The highest BCUT2D eigenvalue weighted by atomic mass is 14.9.